The van der Waals surface area contributed by atoms with Gasteiger partial charge >= 0.3 is 5.97 Å². The fourth-order valence-electron chi connectivity index (χ4n) is 2.40. The lowest BCUT2D eigenvalue weighted by atomic mass is 9.89. The van der Waals surface area contributed by atoms with Crippen LogP contribution in [-0.4, -0.2) is 11.1 Å². The number of carboxylic acid groups (broad SMARTS) is 1. The van der Waals surface area contributed by atoms with Gasteiger partial charge in [-0.15, -0.1) is 0 Å². The summed E-state index contributed by atoms with van der Waals surface area (Å²) in [5, 5.41) is 9.07. The number of hydrogen-bond acceptors (Lipinski definition) is 2. The number of nitrogen functional groups attached to an aromatic ring is 1. The molecule has 1 aromatic rings. The number of anilines is 1. The predicted octanol–water partition coefficient (Wildman–Crippen LogP) is 2.24. The Labute approximate surface area is 88.9 Å². The fourth-order valence-corrected chi connectivity index (χ4v) is 2.40. The highest BCUT2D eigenvalue weighted by molar-refractivity contribution is 5.72. The van der Waals surface area contributed by atoms with E-state index in [9.17, 15) is 4.79 Å². The molecule has 2 rings (SSSR count). The van der Waals surface area contributed by atoms with Gasteiger partial charge in [-0.3, -0.25) is 4.79 Å². The third-order valence-corrected chi connectivity index (χ3v) is 3.20. The Morgan fingerprint density at radius 3 is 2.53 bits per heavy atom. The van der Waals surface area contributed by atoms with E-state index in [0.717, 1.165) is 30.5 Å². The van der Waals surface area contributed by atoms with E-state index >= 15 is 0 Å². The van der Waals surface area contributed by atoms with E-state index in [4.69, 9.17) is 10.8 Å². The molecule has 2 unspecified atom stereocenters. The van der Waals surface area contributed by atoms with Crippen LogP contribution in [0.5, 0.6) is 0 Å². The molecule has 1 aliphatic carbocycles. The van der Waals surface area contributed by atoms with Crippen LogP contribution in [0.3, 0.4) is 0 Å². The van der Waals surface area contributed by atoms with Crippen LogP contribution in [0.15, 0.2) is 24.3 Å². The molecule has 1 fully saturated rings. The number of benzene rings is 1. The van der Waals surface area contributed by atoms with Gasteiger partial charge in [-0.25, -0.2) is 0 Å². The maximum absolute atomic E-state index is 11.0. The summed E-state index contributed by atoms with van der Waals surface area (Å²) in [6.45, 7) is 0. The third-order valence-electron chi connectivity index (χ3n) is 3.20. The average molecular weight is 205 g/mol. The lowest BCUT2D eigenvalue weighted by Gasteiger charge is -2.16. The molecule has 3 N–H and O–H groups in total. The second-order valence-electron chi connectivity index (χ2n) is 4.15. The van der Waals surface area contributed by atoms with Crippen LogP contribution in [0.4, 0.5) is 5.69 Å². The molecule has 15 heavy (non-hydrogen) atoms. The monoisotopic (exact) mass is 205 g/mol. The van der Waals surface area contributed by atoms with Gasteiger partial charge in [-0.1, -0.05) is 18.6 Å². The molecular formula is C12H15NO2. The zero-order valence-corrected chi connectivity index (χ0v) is 8.52. The van der Waals surface area contributed by atoms with Gasteiger partial charge in [0, 0.05) is 5.69 Å². The Hall–Kier alpha value is -1.51. The lowest BCUT2D eigenvalue weighted by Crippen LogP contribution is -2.16. The highest BCUT2D eigenvalue weighted by Gasteiger charge is 2.33. The number of carbonyl (C=O) groups is 1. The topological polar surface area (TPSA) is 63.3 Å². The van der Waals surface area contributed by atoms with E-state index in [1.807, 2.05) is 24.3 Å². The van der Waals surface area contributed by atoms with E-state index in [1.165, 1.54) is 0 Å². The summed E-state index contributed by atoms with van der Waals surface area (Å²) < 4.78 is 0. The summed E-state index contributed by atoms with van der Waals surface area (Å²) in [6, 6.07) is 7.57. The zero-order valence-electron chi connectivity index (χ0n) is 8.52. The summed E-state index contributed by atoms with van der Waals surface area (Å²) >= 11 is 0. The quantitative estimate of drug-likeness (QED) is 0.728. The normalized spacial score (nSPS) is 25.3. The maximum atomic E-state index is 11.0. The van der Waals surface area contributed by atoms with E-state index in [2.05, 4.69) is 0 Å². The number of hydrogen-bond donors (Lipinski definition) is 2. The largest absolute Gasteiger partial charge is 0.481 e. The van der Waals surface area contributed by atoms with Crippen LogP contribution in [0.1, 0.15) is 30.7 Å². The Morgan fingerprint density at radius 1 is 1.27 bits per heavy atom. The van der Waals surface area contributed by atoms with Crippen LogP contribution in [-0.2, 0) is 4.79 Å². The molecular weight excluding hydrogens is 190 g/mol. The number of nitrogens with two attached hydrogens (primary N) is 1. The van der Waals surface area contributed by atoms with Gasteiger partial charge < -0.3 is 10.8 Å². The molecule has 0 amide bonds. The van der Waals surface area contributed by atoms with E-state index in [1.54, 1.807) is 0 Å². The molecule has 0 spiro atoms. The third kappa shape index (κ3) is 1.96. The molecule has 0 aromatic heterocycles. The van der Waals surface area contributed by atoms with Crippen molar-refractivity contribution in [2.24, 2.45) is 5.92 Å². The first kappa shape index (κ1) is 10.0. The SMILES string of the molecule is Nc1ccc(C2CCCC2C(=O)O)cc1. The van der Waals surface area contributed by atoms with Gasteiger partial charge in [0.2, 0.25) is 0 Å². The number of carboxylic acids is 1. The Balaban J connectivity index is 2.22. The van der Waals surface area contributed by atoms with Crippen molar-refractivity contribution in [2.45, 2.75) is 25.2 Å². The van der Waals surface area contributed by atoms with Gasteiger partial charge in [0.15, 0.2) is 0 Å². The first-order valence-corrected chi connectivity index (χ1v) is 5.26. The zero-order chi connectivity index (χ0) is 10.8. The Kier molecular flexibility index (Phi) is 2.62. The van der Waals surface area contributed by atoms with Gasteiger partial charge in [-0.2, -0.15) is 0 Å². The highest BCUT2D eigenvalue weighted by Crippen LogP contribution is 2.39. The number of aliphatic carboxylic acids is 1. The predicted molar refractivity (Wildman–Crippen MR) is 58.6 cm³/mol. The number of rotatable bonds is 2. The van der Waals surface area contributed by atoms with Crippen molar-refractivity contribution >= 4 is 11.7 Å². The van der Waals surface area contributed by atoms with Crippen LogP contribution < -0.4 is 5.73 Å². The van der Waals surface area contributed by atoms with Gasteiger partial charge in [0.05, 0.1) is 5.92 Å². The van der Waals surface area contributed by atoms with Crippen LogP contribution >= 0.6 is 0 Å². The minimum atomic E-state index is -0.672. The Morgan fingerprint density at radius 2 is 1.93 bits per heavy atom. The van der Waals surface area contributed by atoms with Crippen LogP contribution in [0.2, 0.25) is 0 Å². The minimum absolute atomic E-state index is 0.170. The van der Waals surface area contributed by atoms with Crippen molar-refractivity contribution in [3.8, 4) is 0 Å². The summed E-state index contributed by atoms with van der Waals surface area (Å²) in [6.07, 6.45) is 2.78. The summed E-state index contributed by atoms with van der Waals surface area (Å²) in [5.41, 5.74) is 7.43. The molecule has 0 radical (unpaired) electrons. The van der Waals surface area contributed by atoms with E-state index in [0.29, 0.717) is 0 Å². The lowest BCUT2D eigenvalue weighted by molar-refractivity contribution is -0.142. The molecule has 2 atom stereocenters. The van der Waals surface area contributed by atoms with Crippen molar-refractivity contribution in [3.05, 3.63) is 29.8 Å². The molecule has 0 aliphatic heterocycles. The molecule has 3 heteroatoms. The molecule has 0 heterocycles. The molecule has 1 aromatic carbocycles. The fraction of sp³-hybridized carbons (Fsp3) is 0.417. The molecule has 80 valence electrons. The van der Waals surface area contributed by atoms with Gasteiger partial charge in [0.25, 0.3) is 0 Å². The average Bonchev–Trinajstić information content (AvgIpc) is 2.67. The molecule has 3 nitrogen and oxygen atoms in total. The Bertz CT molecular complexity index is 358. The summed E-state index contributed by atoms with van der Waals surface area (Å²) in [5.74, 6) is -0.717. The first-order valence-electron chi connectivity index (χ1n) is 5.26. The summed E-state index contributed by atoms with van der Waals surface area (Å²) in [4.78, 5) is 11.0. The van der Waals surface area contributed by atoms with Crippen molar-refractivity contribution in [1.82, 2.24) is 0 Å². The molecule has 0 saturated heterocycles. The highest BCUT2D eigenvalue weighted by atomic mass is 16.4. The smallest absolute Gasteiger partial charge is 0.307 e. The first-order chi connectivity index (χ1) is 7.18. The minimum Gasteiger partial charge on any atom is -0.481 e. The van der Waals surface area contributed by atoms with Crippen molar-refractivity contribution < 1.29 is 9.90 Å². The van der Waals surface area contributed by atoms with Gasteiger partial charge in [-0.05, 0) is 36.5 Å². The van der Waals surface area contributed by atoms with Crippen LogP contribution in [0.25, 0.3) is 0 Å². The second-order valence-corrected chi connectivity index (χ2v) is 4.15. The molecule has 0 bridgehead atoms. The second kappa shape index (κ2) is 3.93. The molecule has 1 saturated carbocycles. The van der Waals surface area contributed by atoms with E-state index in [-0.39, 0.29) is 11.8 Å². The molecule has 1 aliphatic rings. The summed E-state index contributed by atoms with van der Waals surface area (Å²) in [7, 11) is 0. The maximum Gasteiger partial charge on any atom is 0.307 e. The van der Waals surface area contributed by atoms with Gasteiger partial charge in [0.1, 0.15) is 0 Å². The van der Waals surface area contributed by atoms with Crippen molar-refractivity contribution in [1.29, 1.82) is 0 Å². The van der Waals surface area contributed by atoms with Crippen molar-refractivity contribution in [3.63, 3.8) is 0 Å². The standard InChI is InChI=1S/C12H15NO2/c13-9-6-4-8(5-7-9)10-2-1-3-11(10)12(14)15/h4-7,10-11H,1-3,13H2,(H,14,15). The van der Waals surface area contributed by atoms with Crippen LogP contribution in [0, 0.1) is 5.92 Å². The van der Waals surface area contributed by atoms with Crippen molar-refractivity contribution in [2.75, 3.05) is 5.73 Å². The van der Waals surface area contributed by atoms with E-state index < -0.39 is 5.97 Å².